The van der Waals surface area contributed by atoms with E-state index >= 15 is 0 Å². The van der Waals surface area contributed by atoms with Crippen LogP contribution in [0, 0.1) is 0 Å². The quantitative estimate of drug-likeness (QED) is 0.858. The van der Waals surface area contributed by atoms with Gasteiger partial charge in [-0.15, -0.1) is 0 Å². The topological polar surface area (TPSA) is 15.3 Å². The van der Waals surface area contributed by atoms with Crippen LogP contribution in [0.4, 0.5) is 5.69 Å². The van der Waals surface area contributed by atoms with Crippen LogP contribution in [0.3, 0.4) is 0 Å². The predicted molar refractivity (Wildman–Crippen MR) is 74.9 cm³/mol. The van der Waals surface area contributed by atoms with E-state index in [1.54, 1.807) is 11.1 Å². The predicted octanol–water partition coefficient (Wildman–Crippen LogP) is 2.61. The van der Waals surface area contributed by atoms with Crippen LogP contribution in [0.1, 0.15) is 31.4 Å². The monoisotopic (exact) mass is 232 g/mol. The second-order valence-electron chi connectivity index (χ2n) is 5.71. The maximum Gasteiger partial charge on any atom is 0.0466 e. The summed E-state index contributed by atoms with van der Waals surface area (Å²) in [6.45, 7) is 5.54. The van der Waals surface area contributed by atoms with E-state index in [4.69, 9.17) is 0 Å². The van der Waals surface area contributed by atoms with E-state index < -0.39 is 0 Å². The van der Waals surface area contributed by atoms with E-state index in [-0.39, 0.29) is 5.54 Å². The molecule has 0 saturated heterocycles. The molecule has 17 heavy (non-hydrogen) atoms. The lowest BCUT2D eigenvalue weighted by Gasteiger charge is -2.37. The number of fused-ring (bicyclic) bond motifs is 1. The van der Waals surface area contributed by atoms with Gasteiger partial charge in [-0.05, 0) is 63.4 Å². The number of hydrogen-bond donors (Lipinski definition) is 1. The summed E-state index contributed by atoms with van der Waals surface area (Å²) in [6.07, 6.45) is 3.84. The smallest absolute Gasteiger partial charge is 0.0466 e. The van der Waals surface area contributed by atoms with Gasteiger partial charge < -0.3 is 10.2 Å². The van der Waals surface area contributed by atoms with Crippen molar-refractivity contribution in [3.05, 3.63) is 29.3 Å². The lowest BCUT2D eigenvalue weighted by Crippen LogP contribution is -2.48. The molecule has 0 aromatic heterocycles. The van der Waals surface area contributed by atoms with Crippen LogP contribution in [0.5, 0.6) is 0 Å². The number of rotatable bonds is 4. The van der Waals surface area contributed by atoms with E-state index in [9.17, 15) is 0 Å². The summed E-state index contributed by atoms with van der Waals surface area (Å²) in [6, 6.07) is 6.95. The second kappa shape index (κ2) is 4.69. The normalized spacial score (nSPS) is 14.8. The number of anilines is 1. The SMILES string of the molecule is CNCC(C)(C)N(C)c1ccc2c(c1)CCC2. The molecule has 2 heteroatoms. The third kappa shape index (κ3) is 2.47. The molecule has 0 unspecified atom stereocenters. The lowest BCUT2D eigenvalue weighted by atomic mass is 10.0. The van der Waals surface area contributed by atoms with Gasteiger partial charge in [-0.25, -0.2) is 0 Å². The first kappa shape index (κ1) is 12.4. The molecule has 0 heterocycles. The molecule has 1 aromatic rings. The molecular formula is C15H24N2. The highest BCUT2D eigenvalue weighted by molar-refractivity contribution is 5.53. The lowest BCUT2D eigenvalue weighted by molar-refractivity contribution is 0.463. The Hall–Kier alpha value is -1.02. The van der Waals surface area contributed by atoms with Crippen molar-refractivity contribution in [2.75, 3.05) is 25.5 Å². The van der Waals surface area contributed by atoms with Crippen molar-refractivity contribution in [2.45, 2.75) is 38.6 Å². The van der Waals surface area contributed by atoms with E-state index in [2.05, 4.69) is 49.3 Å². The van der Waals surface area contributed by atoms with Crippen LogP contribution in [0.2, 0.25) is 0 Å². The Kier molecular flexibility index (Phi) is 3.43. The zero-order chi connectivity index (χ0) is 12.5. The van der Waals surface area contributed by atoms with Gasteiger partial charge in [0, 0.05) is 24.8 Å². The van der Waals surface area contributed by atoms with Crippen molar-refractivity contribution in [1.29, 1.82) is 0 Å². The average Bonchev–Trinajstić information content (AvgIpc) is 2.74. The molecule has 0 saturated carbocycles. The fourth-order valence-electron chi connectivity index (χ4n) is 2.67. The minimum absolute atomic E-state index is 0.140. The van der Waals surface area contributed by atoms with Gasteiger partial charge >= 0.3 is 0 Å². The molecule has 0 fully saturated rings. The van der Waals surface area contributed by atoms with Gasteiger partial charge in [0.25, 0.3) is 0 Å². The molecule has 2 rings (SSSR count). The first-order valence-corrected chi connectivity index (χ1v) is 6.55. The Balaban J connectivity index is 2.22. The summed E-state index contributed by atoms with van der Waals surface area (Å²) >= 11 is 0. The molecule has 1 aliphatic rings. The number of nitrogens with one attached hydrogen (secondary N) is 1. The fourth-order valence-corrected chi connectivity index (χ4v) is 2.67. The maximum absolute atomic E-state index is 3.27. The molecule has 0 bridgehead atoms. The maximum atomic E-state index is 3.27. The highest BCUT2D eigenvalue weighted by Gasteiger charge is 2.23. The molecule has 1 N–H and O–H groups in total. The Labute approximate surface area is 105 Å². The zero-order valence-corrected chi connectivity index (χ0v) is 11.5. The Morgan fingerprint density at radius 3 is 2.65 bits per heavy atom. The largest absolute Gasteiger partial charge is 0.368 e. The van der Waals surface area contributed by atoms with Crippen LogP contribution in [-0.2, 0) is 12.8 Å². The van der Waals surface area contributed by atoms with E-state index in [1.807, 2.05) is 7.05 Å². The van der Waals surface area contributed by atoms with Crippen molar-refractivity contribution in [1.82, 2.24) is 5.32 Å². The number of benzene rings is 1. The van der Waals surface area contributed by atoms with Gasteiger partial charge in [0.1, 0.15) is 0 Å². The highest BCUT2D eigenvalue weighted by atomic mass is 15.2. The summed E-state index contributed by atoms with van der Waals surface area (Å²) in [4.78, 5) is 2.38. The molecule has 0 radical (unpaired) electrons. The molecule has 0 amide bonds. The average molecular weight is 232 g/mol. The number of hydrogen-bond acceptors (Lipinski definition) is 2. The summed E-state index contributed by atoms with van der Waals surface area (Å²) in [5, 5.41) is 3.27. The summed E-state index contributed by atoms with van der Waals surface area (Å²) in [5.74, 6) is 0. The van der Waals surface area contributed by atoms with E-state index in [0.717, 1.165) is 6.54 Å². The summed E-state index contributed by atoms with van der Waals surface area (Å²) in [7, 11) is 4.20. The summed E-state index contributed by atoms with van der Waals surface area (Å²) in [5.41, 5.74) is 4.58. The van der Waals surface area contributed by atoms with E-state index in [0.29, 0.717) is 0 Å². The van der Waals surface area contributed by atoms with Crippen molar-refractivity contribution in [2.24, 2.45) is 0 Å². The molecule has 94 valence electrons. The van der Waals surface area contributed by atoms with Gasteiger partial charge in [0.05, 0.1) is 0 Å². The zero-order valence-electron chi connectivity index (χ0n) is 11.5. The Morgan fingerprint density at radius 1 is 1.24 bits per heavy atom. The first-order chi connectivity index (χ1) is 8.04. The van der Waals surface area contributed by atoms with Gasteiger partial charge in [-0.1, -0.05) is 6.07 Å². The molecular weight excluding hydrogens is 208 g/mol. The first-order valence-electron chi connectivity index (χ1n) is 6.55. The molecule has 0 aliphatic heterocycles. The van der Waals surface area contributed by atoms with Crippen molar-refractivity contribution in [3.8, 4) is 0 Å². The molecule has 0 atom stereocenters. The Bertz CT molecular complexity index is 396. The number of nitrogens with zero attached hydrogens (tertiary/aromatic N) is 1. The highest BCUT2D eigenvalue weighted by Crippen LogP contribution is 2.29. The minimum Gasteiger partial charge on any atom is -0.368 e. The van der Waals surface area contributed by atoms with Crippen LogP contribution < -0.4 is 10.2 Å². The Morgan fingerprint density at radius 2 is 1.94 bits per heavy atom. The van der Waals surface area contributed by atoms with Crippen molar-refractivity contribution < 1.29 is 0 Å². The van der Waals surface area contributed by atoms with Crippen LogP contribution in [-0.4, -0.2) is 26.2 Å². The van der Waals surface area contributed by atoms with Crippen LogP contribution >= 0.6 is 0 Å². The van der Waals surface area contributed by atoms with Gasteiger partial charge in [0.15, 0.2) is 0 Å². The van der Waals surface area contributed by atoms with Gasteiger partial charge in [-0.2, -0.15) is 0 Å². The summed E-state index contributed by atoms with van der Waals surface area (Å²) < 4.78 is 0. The van der Waals surface area contributed by atoms with Crippen molar-refractivity contribution in [3.63, 3.8) is 0 Å². The number of aryl methyl sites for hydroxylation is 2. The molecule has 0 spiro atoms. The van der Waals surface area contributed by atoms with Crippen LogP contribution in [0.15, 0.2) is 18.2 Å². The van der Waals surface area contributed by atoms with Crippen molar-refractivity contribution >= 4 is 5.69 Å². The van der Waals surface area contributed by atoms with E-state index in [1.165, 1.54) is 24.9 Å². The number of likely N-dealkylation sites (N-methyl/N-ethyl adjacent to an activating group) is 2. The standard InChI is InChI=1S/C15H24N2/c1-15(2,11-16-3)17(4)14-9-8-12-6-5-7-13(12)10-14/h8-10,16H,5-7,11H2,1-4H3. The molecule has 2 nitrogen and oxygen atoms in total. The van der Waals surface area contributed by atoms with Crippen LogP contribution in [0.25, 0.3) is 0 Å². The minimum atomic E-state index is 0.140. The second-order valence-corrected chi connectivity index (χ2v) is 5.71. The third-order valence-corrected chi connectivity index (χ3v) is 3.99. The fraction of sp³-hybridized carbons (Fsp3) is 0.600. The molecule has 1 aromatic carbocycles. The third-order valence-electron chi connectivity index (χ3n) is 3.99. The molecule has 1 aliphatic carbocycles. The van der Waals surface area contributed by atoms with Gasteiger partial charge in [-0.3, -0.25) is 0 Å². The van der Waals surface area contributed by atoms with Gasteiger partial charge in [0.2, 0.25) is 0 Å².